The van der Waals surface area contributed by atoms with Crippen LogP contribution in [0.5, 0.6) is 5.75 Å². The van der Waals surface area contributed by atoms with Gasteiger partial charge in [0.15, 0.2) is 6.61 Å². The maximum atomic E-state index is 10.9. The van der Waals surface area contributed by atoms with Crippen LogP contribution < -0.4 is 4.74 Å². The molecular formula is C10H11NO5. The molecule has 0 amide bonds. The van der Waals surface area contributed by atoms with Crippen LogP contribution in [-0.4, -0.2) is 24.6 Å². The van der Waals surface area contributed by atoms with E-state index in [2.05, 4.69) is 4.74 Å². The minimum atomic E-state index is -0.586. The van der Waals surface area contributed by atoms with Crippen molar-refractivity contribution in [3.05, 3.63) is 33.9 Å². The molecule has 16 heavy (non-hydrogen) atoms. The van der Waals surface area contributed by atoms with Crippen molar-refractivity contribution < 1.29 is 19.2 Å². The summed E-state index contributed by atoms with van der Waals surface area (Å²) in [5.41, 5.74) is 0.432. The number of hydrogen-bond acceptors (Lipinski definition) is 5. The molecule has 0 saturated carbocycles. The predicted octanol–water partition coefficient (Wildman–Crippen LogP) is 1.46. The molecule has 86 valence electrons. The quantitative estimate of drug-likeness (QED) is 0.440. The number of aryl methyl sites for hydroxylation is 1. The number of hydrogen-bond donors (Lipinski definition) is 0. The van der Waals surface area contributed by atoms with E-state index in [1.165, 1.54) is 13.2 Å². The molecule has 0 aliphatic carbocycles. The van der Waals surface area contributed by atoms with Gasteiger partial charge in [-0.25, -0.2) is 4.79 Å². The molecule has 0 heterocycles. The number of rotatable bonds is 4. The minimum Gasteiger partial charge on any atom is -0.475 e. The highest BCUT2D eigenvalue weighted by molar-refractivity contribution is 5.71. The van der Waals surface area contributed by atoms with Gasteiger partial charge in [0.2, 0.25) is 5.75 Å². The van der Waals surface area contributed by atoms with Crippen molar-refractivity contribution in [1.29, 1.82) is 0 Å². The number of benzene rings is 1. The molecule has 0 bridgehead atoms. The summed E-state index contributed by atoms with van der Waals surface area (Å²) in [6.07, 6.45) is 0. The van der Waals surface area contributed by atoms with Crippen molar-refractivity contribution in [3.63, 3.8) is 0 Å². The molecule has 0 N–H and O–H groups in total. The van der Waals surface area contributed by atoms with Gasteiger partial charge in [0.05, 0.1) is 12.0 Å². The van der Waals surface area contributed by atoms with Gasteiger partial charge in [-0.2, -0.15) is 0 Å². The topological polar surface area (TPSA) is 78.7 Å². The van der Waals surface area contributed by atoms with Gasteiger partial charge in [0, 0.05) is 6.07 Å². The van der Waals surface area contributed by atoms with Gasteiger partial charge in [-0.15, -0.1) is 0 Å². The van der Waals surface area contributed by atoms with Crippen LogP contribution in [0.25, 0.3) is 0 Å². The zero-order chi connectivity index (χ0) is 12.1. The molecule has 0 fully saturated rings. The standard InChI is InChI=1S/C10H11NO5/c1-7-4-3-5-8(11(13)14)10(7)16-6-9(12)15-2/h3-5H,6H2,1-2H3. The van der Waals surface area contributed by atoms with Crippen molar-refractivity contribution >= 4 is 11.7 Å². The maximum absolute atomic E-state index is 10.9. The lowest BCUT2D eigenvalue weighted by Gasteiger charge is -2.07. The van der Waals surface area contributed by atoms with Gasteiger partial charge in [-0.1, -0.05) is 12.1 Å². The van der Waals surface area contributed by atoms with Crippen LogP contribution in [0.15, 0.2) is 18.2 Å². The van der Waals surface area contributed by atoms with E-state index in [1.54, 1.807) is 19.1 Å². The summed E-state index contributed by atoms with van der Waals surface area (Å²) in [6, 6.07) is 4.54. The van der Waals surface area contributed by atoms with E-state index in [1.807, 2.05) is 0 Å². The monoisotopic (exact) mass is 225 g/mol. The van der Waals surface area contributed by atoms with E-state index in [9.17, 15) is 14.9 Å². The molecule has 1 aromatic rings. The second-order valence-corrected chi connectivity index (χ2v) is 3.05. The average molecular weight is 225 g/mol. The smallest absolute Gasteiger partial charge is 0.343 e. The molecule has 1 rings (SSSR count). The van der Waals surface area contributed by atoms with Gasteiger partial charge < -0.3 is 9.47 Å². The summed E-state index contributed by atoms with van der Waals surface area (Å²) in [5.74, 6) is -0.490. The largest absolute Gasteiger partial charge is 0.475 e. The first kappa shape index (κ1) is 12.0. The summed E-state index contributed by atoms with van der Waals surface area (Å²) >= 11 is 0. The van der Waals surface area contributed by atoms with Crippen molar-refractivity contribution in [1.82, 2.24) is 0 Å². The van der Waals surface area contributed by atoms with Crippen LogP contribution in [-0.2, 0) is 9.53 Å². The number of nitro groups is 1. The Bertz CT molecular complexity index is 416. The van der Waals surface area contributed by atoms with Crippen LogP contribution in [0, 0.1) is 17.0 Å². The number of esters is 1. The highest BCUT2D eigenvalue weighted by Crippen LogP contribution is 2.30. The molecule has 6 heteroatoms. The van der Waals surface area contributed by atoms with Crippen molar-refractivity contribution in [2.24, 2.45) is 0 Å². The molecule has 6 nitrogen and oxygen atoms in total. The third-order valence-electron chi connectivity index (χ3n) is 1.95. The Balaban J connectivity index is 2.93. The van der Waals surface area contributed by atoms with E-state index < -0.39 is 10.9 Å². The van der Waals surface area contributed by atoms with Crippen LogP contribution in [0.3, 0.4) is 0 Å². The van der Waals surface area contributed by atoms with Crippen molar-refractivity contribution in [3.8, 4) is 5.75 Å². The Kier molecular flexibility index (Phi) is 3.82. The van der Waals surface area contributed by atoms with E-state index in [-0.39, 0.29) is 18.0 Å². The van der Waals surface area contributed by atoms with Crippen LogP contribution in [0.4, 0.5) is 5.69 Å². The number of carbonyl (C=O) groups excluding carboxylic acids is 1. The van der Waals surface area contributed by atoms with Gasteiger partial charge in [-0.3, -0.25) is 10.1 Å². The highest BCUT2D eigenvalue weighted by atomic mass is 16.6. The maximum Gasteiger partial charge on any atom is 0.343 e. The van der Waals surface area contributed by atoms with Gasteiger partial charge in [0.1, 0.15) is 0 Å². The lowest BCUT2D eigenvalue weighted by molar-refractivity contribution is -0.385. The Morgan fingerprint density at radius 1 is 1.50 bits per heavy atom. The van der Waals surface area contributed by atoms with Gasteiger partial charge in [-0.05, 0) is 12.5 Å². The summed E-state index contributed by atoms with van der Waals surface area (Å²) in [7, 11) is 1.22. The molecular weight excluding hydrogens is 214 g/mol. The predicted molar refractivity (Wildman–Crippen MR) is 55.3 cm³/mol. The summed E-state index contributed by atoms with van der Waals surface area (Å²) < 4.78 is 9.44. The Morgan fingerprint density at radius 2 is 2.19 bits per heavy atom. The molecule has 0 spiro atoms. The van der Waals surface area contributed by atoms with E-state index in [0.29, 0.717) is 5.56 Å². The zero-order valence-electron chi connectivity index (χ0n) is 8.93. The summed E-state index contributed by atoms with van der Waals surface area (Å²) in [6.45, 7) is 1.32. The third-order valence-corrected chi connectivity index (χ3v) is 1.95. The number of para-hydroxylation sites is 1. The fraction of sp³-hybridized carbons (Fsp3) is 0.300. The Labute approximate surface area is 91.9 Å². The van der Waals surface area contributed by atoms with Crippen molar-refractivity contribution in [2.75, 3.05) is 13.7 Å². The molecule has 0 aliphatic rings. The summed E-state index contributed by atoms with van der Waals surface area (Å²) in [4.78, 5) is 21.0. The van der Waals surface area contributed by atoms with E-state index >= 15 is 0 Å². The minimum absolute atomic E-state index is 0.0953. The SMILES string of the molecule is COC(=O)COc1c(C)cccc1[N+](=O)[O-]. The second kappa shape index (κ2) is 5.11. The highest BCUT2D eigenvalue weighted by Gasteiger charge is 2.17. The van der Waals surface area contributed by atoms with Crippen molar-refractivity contribution in [2.45, 2.75) is 6.92 Å². The Morgan fingerprint density at radius 3 is 2.75 bits per heavy atom. The Hall–Kier alpha value is -2.11. The number of nitro benzene ring substituents is 1. The lowest BCUT2D eigenvalue weighted by Crippen LogP contribution is -2.13. The molecule has 1 aromatic carbocycles. The molecule has 0 saturated heterocycles. The molecule has 0 radical (unpaired) electrons. The van der Waals surface area contributed by atoms with E-state index in [4.69, 9.17) is 4.74 Å². The number of ether oxygens (including phenoxy) is 2. The van der Waals surface area contributed by atoms with E-state index in [0.717, 1.165) is 0 Å². The first-order chi connectivity index (χ1) is 7.56. The lowest BCUT2D eigenvalue weighted by atomic mass is 10.2. The van der Waals surface area contributed by atoms with Crippen LogP contribution in [0.1, 0.15) is 5.56 Å². The summed E-state index contributed by atoms with van der Waals surface area (Å²) in [5, 5.41) is 10.7. The zero-order valence-corrected chi connectivity index (χ0v) is 8.93. The fourth-order valence-electron chi connectivity index (χ4n) is 1.16. The van der Waals surface area contributed by atoms with Gasteiger partial charge in [0.25, 0.3) is 0 Å². The average Bonchev–Trinajstić information content (AvgIpc) is 2.26. The third kappa shape index (κ3) is 2.69. The first-order valence-corrected chi connectivity index (χ1v) is 4.50. The molecule has 0 aromatic heterocycles. The second-order valence-electron chi connectivity index (χ2n) is 3.05. The van der Waals surface area contributed by atoms with Crippen LogP contribution >= 0.6 is 0 Å². The van der Waals surface area contributed by atoms with Crippen LogP contribution in [0.2, 0.25) is 0 Å². The molecule has 0 aliphatic heterocycles. The molecule has 0 unspecified atom stereocenters. The number of nitrogens with zero attached hydrogens (tertiary/aromatic N) is 1. The fourth-order valence-corrected chi connectivity index (χ4v) is 1.16. The molecule has 0 atom stereocenters. The normalized spacial score (nSPS) is 9.62. The van der Waals surface area contributed by atoms with Gasteiger partial charge >= 0.3 is 11.7 Å². The first-order valence-electron chi connectivity index (χ1n) is 4.50. The number of methoxy groups -OCH3 is 1. The number of carbonyl (C=O) groups is 1.